The van der Waals surface area contributed by atoms with Gasteiger partial charge in [0.1, 0.15) is 0 Å². The van der Waals surface area contributed by atoms with Crippen molar-refractivity contribution >= 4 is 17.7 Å². The van der Waals surface area contributed by atoms with Gasteiger partial charge in [0.05, 0.1) is 6.04 Å². The van der Waals surface area contributed by atoms with Crippen molar-refractivity contribution in [1.82, 2.24) is 10.2 Å². The van der Waals surface area contributed by atoms with Crippen LogP contribution in [0.3, 0.4) is 0 Å². The zero-order valence-corrected chi connectivity index (χ0v) is 10.9. The van der Waals surface area contributed by atoms with Crippen LogP contribution in [0.25, 0.3) is 0 Å². The molecule has 1 unspecified atom stereocenters. The van der Waals surface area contributed by atoms with E-state index in [4.69, 9.17) is 0 Å². The zero-order valence-electron chi connectivity index (χ0n) is 10.1. The fourth-order valence-corrected chi connectivity index (χ4v) is 3.80. The standard InChI is InChI=1S/C12H22N2OS/c1-2-13-11-3-6-14(12(11)15)9-10-4-7-16-8-5-10/h10-11,13H,2-9H2,1H3. The molecule has 2 aliphatic rings. The van der Waals surface area contributed by atoms with Gasteiger partial charge in [0.2, 0.25) is 5.91 Å². The van der Waals surface area contributed by atoms with Crippen molar-refractivity contribution in [1.29, 1.82) is 0 Å². The van der Waals surface area contributed by atoms with Crippen LogP contribution in [0.15, 0.2) is 0 Å². The summed E-state index contributed by atoms with van der Waals surface area (Å²) in [5, 5.41) is 3.27. The lowest BCUT2D eigenvalue weighted by atomic mass is 10.0. The number of thioether (sulfide) groups is 1. The number of carbonyl (C=O) groups excluding carboxylic acids is 1. The lowest BCUT2D eigenvalue weighted by Crippen LogP contribution is -2.40. The molecule has 92 valence electrons. The number of likely N-dealkylation sites (N-methyl/N-ethyl adjacent to an activating group) is 1. The van der Waals surface area contributed by atoms with E-state index in [2.05, 4.69) is 28.9 Å². The molecule has 2 rings (SSSR count). The molecule has 1 atom stereocenters. The molecule has 0 bridgehead atoms. The second-order valence-electron chi connectivity index (χ2n) is 4.74. The van der Waals surface area contributed by atoms with E-state index in [1.54, 1.807) is 0 Å². The van der Waals surface area contributed by atoms with Crippen molar-refractivity contribution < 1.29 is 4.79 Å². The third-order valence-corrected chi connectivity index (χ3v) is 4.62. The summed E-state index contributed by atoms with van der Waals surface area (Å²) >= 11 is 2.05. The fraction of sp³-hybridized carbons (Fsp3) is 0.917. The van der Waals surface area contributed by atoms with E-state index in [1.165, 1.54) is 24.3 Å². The minimum atomic E-state index is 0.1000. The number of hydrogen-bond donors (Lipinski definition) is 1. The van der Waals surface area contributed by atoms with E-state index < -0.39 is 0 Å². The summed E-state index contributed by atoms with van der Waals surface area (Å²) in [6.45, 7) is 4.92. The van der Waals surface area contributed by atoms with Crippen LogP contribution in [0.4, 0.5) is 0 Å². The molecule has 0 aromatic rings. The molecule has 1 amide bonds. The average Bonchev–Trinajstić information content (AvgIpc) is 2.64. The summed E-state index contributed by atoms with van der Waals surface area (Å²) in [6, 6.07) is 0.1000. The fourth-order valence-electron chi connectivity index (χ4n) is 2.60. The predicted molar refractivity (Wildman–Crippen MR) is 68.7 cm³/mol. The maximum Gasteiger partial charge on any atom is 0.239 e. The van der Waals surface area contributed by atoms with E-state index in [0.29, 0.717) is 5.91 Å². The Morgan fingerprint density at radius 2 is 2.12 bits per heavy atom. The molecule has 0 radical (unpaired) electrons. The van der Waals surface area contributed by atoms with Crippen LogP contribution < -0.4 is 5.32 Å². The highest BCUT2D eigenvalue weighted by molar-refractivity contribution is 7.99. The third-order valence-electron chi connectivity index (χ3n) is 3.57. The summed E-state index contributed by atoms with van der Waals surface area (Å²) in [7, 11) is 0. The SMILES string of the molecule is CCNC1CCN(CC2CCSCC2)C1=O. The van der Waals surface area contributed by atoms with E-state index in [-0.39, 0.29) is 6.04 Å². The van der Waals surface area contributed by atoms with Crippen LogP contribution in [-0.2, 0) is 4.79 Å². The predicted octanol–water partition coefficient (Wildman–Crippen LogP) is 1.34. The van der Waals surface area contributed by atoms with Gasteiger partial charge in [0.25, 0.3) is 0 Å². The molecule has 1 N–H and O–H groups in total. The highest BCUT2D eigenvalue weighted by Crippen LogP contribution is 2.25. The van der Waals surface area contributed by atoms with E-state index >= 15 is 0 Å². The number of hydrogen-bond acceptors (Lipinski definition) is 3. The Morgan fingerprint density at radius 3 is 2.81 bits per heavy atom. The topological polar surface area (TPSA) is 32.3 Å². The molecule has 0 spiro atoms. The van der Waals surface area contributed by atoms with Gasteiger partial charge < -0.3 is 10.2 Å². The Morgan fingerprint density at radius 1 is 1.38 bits per heavy atom. The largest absolute Gasteiger partial charge is 0.341 e. The van der Waals surface area contributed by atoms with Gasteiger partial charge in [-0.05, 0) is 43.2 Å². The number of amides is 1. The molecule has 3 nitrogen and oxygen atoms in total. The molecule has 2 saturated heterocycles. The number of rotatable bonds is 4. The van der Waals surface area contributed by atoms with Crippen LogP contribution in [0.2, 0.25) is 0 Å². The highest BCUT2D eigenvalue weighted by Gasteiger charge is 2.32. The van der Waals surface area contributed by atoms with Crippen molar-refractivity contribution in [2.24, 2.45) is 5.92 Å². The molecule has 0 aromatic heterocycles. The van der Waals surface area contributed by atoms with Gasteiger partial charge in [-0.2, -0.15) is 11.8 Å². The molecule has 2 aliphatic heterocycles. The first-order valence-corrected chi connectivity index (χ1v) is 7.56. The first-order chi connectivity index (χ1) is 7.81. The van der Waals surface area contributed by atoms with E-state index in [1.807, 2.05) is 0 Å². The first kappa shape index (κ1) is 12.2. The van der Waals surface area contributed by atoms with Crippen molar-refractivity contribution in [3.05, 3.63) is 0 Å². The van der Waals surface area contributed by atoms with Crippen molar-refractivity contribution in [3.8, 4) is 0 Å². The highest BCUT2D eigenvalue weighted by atomic mass is 32.2. The Hall–Kier alpha value is -0.220. The second kappa shape index (κ2) is 5.92. The number of nitrogens with zero attached hydrogens (tertiary/aromatic N) is 1. The minimum Gasteiger partial charge on any atom is -0.341 e. The molecule has 2 heterocycles. The van der Waals surface area contributed by atoms with Crippen LogP contribution >= 0.6 is 11.8 Å². The van der Waals surface area contributed by atoms with Crippen LogP contribution in [0.1, 0.15) is 26.2 Å². The van der Waals surface area contributed by atoms with Crippen molar-refractivity contribution in [3.63, 3.8) is 0 Å². The normalized spacial score (nSPS) is 27.7. The molecule has 0 saturated carbocycles. The molecule has 0 aromatic carbocycles. The maximum absolute atomic E-state index is 12.0. The number of nitrogens with one attached hydrogen (secondary N) is 1. The van der Waals surface area contributed by atoms with Crippen molar-refractivity contribution in [2.75, 3.05) is 31.1 Å². The molecule has 16 heavy (non-hydrogen) atoms. The Kier molecular flexibility index (Phi) is 4.53. The Labute approximate surface area is 102 Å². The van der Waals surface area contributed by atoms with Crippen molar-refractivity contribution in [2.45, 2.75) is 32.2 Å². The monoisotopic (exact) mass is 242 g/mol. The number of carbonyl (C=O) groups is 1. The molecular weight excluding hydrogens is 220 g/mol. The zero-order chi connectivity index (χ0) is 11.4. The van der Waals surface area contributed by atoms with Gasteiger partial charge in [-0.25, -0.2) is 0 Å². The summed E-state index contributed by atoms with van der Waals surface area (Å²) < 4.78 is 0. The quantitative estimate of drug-likeness (QED) is 0.807. The molecule has 2 fully saturated rings. The summed E-state index contributed by atoms with van der Waals surface area (Å²) in [5.74, 6) is 3.65. The van der Waals surface area contributed by atoms with Gasteiger partial charge in [-0.1, -0.05) is 6.92 Å². The summed E-state index contributed by atoms with van der Waals surface area (Å²) in [6.07, 6.45) is 3.58. The average molecular weight is 242 g/mol. The van der Waals surface area contributed by atoms with E-state index in [0.717, 1.165) is 32.0 Å². The second-order valence-corrected chi connectivity index (χ2v) is 5.96. The molecule has 0 aliphatic carbocycles. The minimum absolute atomic E-state index is 0.1000. The molecule has 4 heteroatoms. The third kappa shape index (κ3) is 2.92. The summed E-state index contributed by atoms with van der Waals surface area (Å²) in [5.41, 5.74) is 0. The van der Waals surface area contributed by atoms with E-state index in [9.17, 15) is 4.79 Å². The van der Waals surface area contributed by atoms with Crippen LogP contribution in [0, 0.1) is 5.92 Å². The molecular formula is C12H22N2OS. The Balaban J connectivity index is 1.79. The van der Waals surface area contributed by atoms with Gasteiger partial charge >= 0.3 is 0 Å². The number of likely N-dealkylation sites (tertiary alicyclic amines) is 1. The summed E-state index contributed by atoms with van der Waals surface area (Å²) in [4.78, 5) is 14.1. The Bertz CT molecular complexity index is 241. The van der Waals surface area contributed by atoms with Gasteiger partial charge in [0, 0.05) is 13.1 Å². The lowest BCUT2D eigenvalue weighted by Gasteiger charge is -2.26. The van der Waals surface area contributed by atoms with Crippen LogP contribution in [-0.4, -0.2) is 48.0 Å². The van der Waals surface area contributed by atoms with Gasteiger partial charge in [-0.15, -0.1) is 0 Å². The van der Waals surface area contributed by atoms with Gasteiger partial charge in [-0.3, -0.25) is 4.79 Å². The maximum atomic E-state index is 12.0. The van der Waals surface area contributed by atoms with Gasteiger partial charge in [0.15, 0.2) is 0 Å². The smallest absolute Gasteiger partial charge is 0.239 e. The van der Waals surface area contributed by atoms with Crippen LogP contribution in [0.5, 0.6) is 0 Å². The first-order valence-electron chi connectivity index (χ1n) is 6.41. The lowest BCUT2D eigenvalue weighted by molar-refractivity contribution is -0.130.